The lowest BCUT2D eigenvalue weighted by Gasteiger charge is -2.13. The lowest BCUT2D eigenvalue weighted by Crippen LogP contribution is -2.28. The molecule has 0 spiro atoms. The van der Waals surface area contributed by atoms with Gasteiger partial charge >= 0.3 is 0 Å². The van der Waals surface area contributed by atoms with Crippen molar-refractivity contribution in [2.75, 3.05) is 27.9 Å². The fraction of sp³-hybridized carbons (Fsp3) is 0.240. The Morgan fingerprint density at radius 3 is 2.50 bits per heavy atom. The van der Waals surface area contributed by atoms with Gasteiger partial charge in [0.2, 0.25) is 0 Å². The van der Waals surface area contributed by atoms with E-state index in [1.54, 1.807) is 32.7 Å². The van der Waals surface area contributed by atoms with Crippen LogP contribution in [0.1, 0.15) is 21.6 Å². The SMILES string of the molecule is COc1ccccc1Cn1c(C(=O)NCCc2ccc(OC)c(OC)c2)cc2ccsc21. The average Bonchev–Trinajstić information content (AvgIpc) is 3.42. The van der Waals surface area contributed by atoms with Gasteiger partial charge in [-0.1, -0.05) is 24.3 Å². The van der Waals surface area contributed by atoms with Gasteiger partial charge in [-0.3, -0.25) is 4.79 Å². The van der Waals surface area contributed by atoms with E-state index in [4.69, 9.17) is 14.2 Å². The normalized spacial score (nSPS) is 10.8. The molecule has 0 aliphatic carbocycles. The van der Waals surface area contributed by atoms with Gasteiger partial charge in [0.15, 0.2) is 11.5 Å². The number of benzene rings is 2. The molecule has 1 N–H and O–H groups in total. The molecule has 0 aliphatic heterocycles. The predicted octanol–water partition coefficient (Wildman–Crippen LogP) is 4.75. The zero-order valence-electron chi connectivity index (χ0n) is 18.4. The fourth-order valence-electron chi connectivity index (χ4n) is 3.77. The van der Waals surface area contributed by atoms with Crippen LogP contribution in [0.15, 0.2) is 60.0 Å². The van der Waals surface area contributed by atoms with E-state index in [2.05, 4.69) is 9.88 Å². The summed E-state index contributed by atoms with van der Waals surface area (Å²) in [4.78, 5) is 14.2. The Labute approximate surface area is 191 Å². The summed E-state index contributed by atoms with van der Waals surface area (Å²) in [7, 11) is 4.89. The van der Waals surface area contributed by atoms with E-state index in [-0.39, 0.29) is 5.91 Å². The summed E-state index contributed by atoms with van der Waals surface area (Å²) in [6.45, 7) is 1.08. The van der Waals surface area contributed by atoms with Crippen molar-refractivity contribution in [1.82, 2.24) is 9.88 Å². The molecule has 2 aromatic heterocycles. The molecule has 0 saturated carbocycles. The van der Waals surface area contributed by atoms with E-state index in [9.17, 15) is 4.79 Å². The van der Waals surface area contributed by atoms with Crippen LogP contribution in [-0.4, -0.2) is 38.3 Å². The topological polar surface area (TPSA) is 61.7 Å². The number of hydrogen-bond acceptors (Lipinski definition) is 5. The summed E-state index contributed by atoms with van der Waals surface area (Å²) >= 11 is 1.63. The number of carbonyl (C=O) groups excluding carboxylic acids is 1. The summed E-state index contributed by atoms with van der Waals surface area (Å²) < 4.78 is 18.2. The lowest BCUT2D eigenvalue weighted by molar-refractivity contribution is 0.0945. The second-order valence-electron chi connectivity index (χ2n) is 7.30. The maximum atomic E-state index is 13.1. The second-order valence-corrected chi connectivity index (χ2v) is 8.20. The van der Waals surface area contributed by atoms with E-state index in [0.29, 0.717) is 36.7 Å². The minimum Gasteiger partial charge on any atom is -0.496 e. The third-order valence-electron chi connectivity index (χ3n) is 5.40. The largest absolute Gasteiger partial charge is 0.496 e. The highest BCUT2D eigenvalue weighted by molar-refractivity contribution is 7.16. The van der Waals surface area contributed by atoms with Crippen molar-refractivity contribution in [3.8, 4) is 17.2 Å². The molecule has 0 bridgehead atoms. The van der Waals surface area contributed by atoms with Crippen LogP contribution in [0.3, 0.4) is 0 Å². The molecule has 7 heteroatoms. The molecule has 32 heavy (non-hydrogen) atoms. The highest BCUT2D eigenvalue weighted by Crippen LogP contribution is 2.29. The number of ether oxygens (including phenoxy) is 3. The summed E-state index contributed by atoms with van der Waals surface area (Å²) in [6.07, 6.45) is 0.688. The van der Waals surface area contributed by atoms with Crippen molar-refractivity contribution >= 4 is 27.5 Å². The number of amides is 1. The van der Waals surface area contributed by atoms with Gasteiger partial charge in [0.05, 0.1) is 27.9 Å². The first-order valence-corrected chi connectivity index (χ1v) is 11.2. The number of nitrogens with one attached hydrogen (secondary N) is 1. The minimum atomic E-state index is -0.0937. The van der Waals surface area contributed by atoms with E-state index < -0.39 is 0 Å². The van der Waals surface area contributed by atoms with Crippen LogP contribution in [0, 0.1) is 0 Å². The number of rotatable bonds is 9. The molecule has 0 atom stereocenters. The van der Waals surface area contributed by atoms with Crippen molar-refractivity contribution < 1.29 is 19.0 Å². The van der Waals surface area contributed by atoms with Crippen LogP contribution < -0.4 is 19.5 Å². The zero-order chi connectivity index (χ0) is 22.5. The molecule has 6 nitrogen and oxygen atoms in total. The molecule has 2 heterocycles. The predicted molar refractivity (Wildman–Crippen MR) is 127 cm³/mol. The van der Waals surface area contributed by atoms with Crippen molar-refractivity contribution in [2.24, 2.45) is 0 Å². The molecule has 4 aromatic rings. The Bertz CT molecular complexity index is 1230. The van der Waals surface area contributed by atoms with Crippen LogP contribution in [-0.2, 0) is 13.0 Å². The molecule has 166 valence electrons. The highest BCUT2D eigenvalue weighted by Gasteiger charge is 2.18. The fourth-order valence-corrected chi connectivity index (χ4v) is 4.67. The summed E-state index contributed by atoms with van der Waals surface area (Å²) in [5, 5.41) is 6.17. The van der Waals surface area contributed by atoms with Gasteiger partial charge in [0, 0.05) is 17.5 Å². The number of fused-ring (bicyclic) bond motifs is 1. The van der Waals surface area contributed by atoms with E-state index in [1.165, 1.54) is 0 Å². The number of carbonyl (C=O) groups is 1. The van der Waals surface area contributed by atoms with E-state index in [0.717, 1.165) is 27.1 Å². The number of nitrogens with zero attached hydrogens (tertiary/aromatic N) is 1. The monoisotopic (exact) mass is 450 g/mol. The molecule has 4 rings (SSSR count). The number of hydrogen-bond donors (Lipinski definition) is 1. The van der Waals surface area contributed by atoms with Crippen molar-refractivity contribution in [3.63, 3.8) is 0 Å². The first-order chi connectivity index (χ1) is 15.6. The summed E-state index contributed by atoms with van der Waals surface area (Å²) in [5.74, 6) is 2.09. The molecule has 0 radical (unpaired) electrons. The Morgan fingerprint density at radius 1 is 0.938 bits per heavy atom. The Morgan fingerprint density at radius 2 is 1.72 bits per heavy atom. The first kappa shape index (κ1) is 21.8. The van der Waals surface area contributed by atoms with Gasteiger partial charge in [-0.25, -0.2) is 0 Å². The first-order valence-electron chi connectivity index (χ1n) is 10.3. The molecule has 0 aliphatic rings. The van der Waals surface area contributed by atoms with Crippen LogP contribution in [0.25, 0.3) is 10.2 Å². The Kier molecular flexibility index (Phi) is 6.66. The van der Waals surface area contributed by atoms with Crippen molar-refractivity contribution in [2.45, 2.75) is 13.0 Å². The Hall–Kier alpha value is -3.45. The summed E-state index contributed by atoms with van der Waals surface area (Å²) in [6, 6.07) is 17.7. The third kappa shape index (κ3) is 4.43. The maximum Gasteiger partial charge on any atom is 0.267 e. The van der Waals surface area contributed by atoms with Gasteiger partial charge in [0.25, 0.3) is 5.91 Å². The number of para-hydroxylation sites is 1. The zero-order valence-corrected chi connectivity index (χ0v) is 19.2. The van der Waals surface area contributed by atoms with Gasteiger partial charge < -0.3 is 24.1 Å². The van der Waals surface area contributed by atoms with E-state index >= 15 is 0 Å². The molecular weight excluding hydrogens is 424 g/mol. The smallest absolute Gasteiger partial charge is 0.267 e. The average molecular weight is 451 g/mol. The third-order valence-corrected chi connectivity index (χ3v) is 6.35. The van der Waals surface area contributed by atoms with Crippen LogP contribution in [0.2, 0.25) is 0 Å². The van der Waals surface area contributed by atoms with Crippen LogP contribution in [0.5, 0.6) is 17.2 Å². The maximum absolute atomic E-state index is 13.1. The van der Waals surface area contributed by atoms with Gasteiger partial charge in [0.1, 0.15) is 16.3 Å². The molecule has 2 aromatic carbocycles. The highest BCUT2D eigenvalue weighted by atomic mass is 32.1. The van der Waals surface area contributed by atoms with Crippen molar-refractivity contribution in [3.05, 3.63) is 76.8 Å². The van der Waals surface area contributed by atoms with Gasteiger partial charge in [-0.2, -0.15) is 0 Å². The standard InChI is InChI=1S/C25H26N2O4S/c1-29-21-7-5-4-6-19(21)16-27-20(15-18-11-13-32-25(18)27)24(28)26-12-10-17-8-9-22(30-2)23(14-17)31-3/h4-9,11,13-15H,10,12,16H2,1-3H3,(H,26,28). The van der Waals surface area contributed by atoms with Gasteiger partial charge in [-0.15, -0.1) is 11.3 Å². The van der Waals surface area contributed by atoms with Gasteiger partial charge in [-0.05, 0) is 47.7 Å². The lowest BCUT2D eigenvalue weighted by atomic mass is 10.1. The Balaban J connectivity index is 1.50. The number of thiophene rings is 1. The molecule has 0 unspecified atom stereocenters. The van der Waals surface area contributed by atoms with Crippen molar-refractivity contribution in [1.29, 1.82) is 0 Å². The van der Waals surface area contributed by atoms with E-state index in [1.807, 2.05) is 60.0 Å². The number of methoxy groups -OCH3 is 3. The van der Waals surface area contributed by atoms with Crippen LogP contribution >= 0.6 is 11.3 Å². The summed E-state index contributed by atoms with van der Waals surface area (Å²) in [5.41, 5.74) is 2.73. The molecule has 0 saturated heterocycles. The number of aromatic nitrogens is 1. The van der Waals surface area contributed by atoms with Crippen LogP contribution in [0.4, 0.5) is 0 Å². The minimum absolute atomic E-state index is 0.0937. The molecule has 1 amide bonds. The quantitative estimate of drug-likeness (QED) is 0.400. The second kappa shape index (κ2) is 9.78. The molecule has 0 fully saturated rings. The molecular formula is C25H26N2O4S.